The Labute approximate surface area is 56.2 Å². The number of halogens is 1. The fraction of sp³-hybridized carbons (Fsp3) is 0.400. The van der Waals surface area contributed by atoms with Crippen molar-refractivity contribution in [3.8, 4) is 0 Å². The smallest absolute Gasteiger partial charge is 0.229 e. The molecule has 8 heavy (non-hydrogen) atoms. The van der Waals surface area contributed by atoms with Gasteiger partial charge in [0.05, 0.1) is 4.48 Å². The lowest BCUT2D eigenvalue weighted by Gasteiger charge is -1.95. The van der Waals surface area contributed by atoms with E-state index in [0.29, 0.717) is 6.54 Å². The maximum atomic E-state index is 8.79. The third-order valence-electron chi connectivity index (χ3n) is 0.970. The molecule has 0 aromatic heterocycles. The van der Waals surface area contributed by atoms with Crippen molar-refractivity contribution in [2.24, 2.45) is 0 Å². The van der Waals surface area contributed by atoms with Crippen molar-refractivity contribution in [2.75, 3.05) is 6.54 Å². The molecule has 0 aromatic carbocycles. The lowest BCUT2D eigenvalue weighted by molar-refractivity contribution is -0.771. The summed E-state index contributed by atoms with van der Waals surface area (Å²) in [6.45, 7) is 0.703. The van der Waals surface area contributed by atoms with Crippen molar-refractivity contribution in [3.63, 3.8) is 0 Å². The molecular formula is C5H7BrNO+. The predicted molar refractivity (Wildman–Crippen MR) is 34.6 cm³/mol. The molecule has 3 heteroatoms. The molecule has 0 fully saturated rings. The number of nitrogens with zero attached hydrogens (tertiary/aromatic N) is 1. The van der Waals surface area contributed by atoms with Crippen LogP contribution in [-0.2, 0) is 0 Å². The molecule has 0 saturated carbocycles. The van der Waals surface area contributed by atoms with Gasteiger partial charge in [-0.3, -0.25) is 5.21 Å². The Balaban J connectivity index is 2.69. The first-order valence-electron chi connectivity index (χ1n) is 2.45. The Morgan fingerprint density at radius 1 is 1.75 bits per heavy atom. The molecule has 0 radical (unpaired) electrons. The van der Waals surface area contributed by atoms with Crippen molar-refractivity contribution >= 4 is 22.1 Å². The molecule has 0 unspecified atom stereocenters. The first-order chi connectivity index (χ1) is 3.79. The highest BCUT2D eigenvalue weighted by Crippen LogP contribution is 2.05. The minimum absolute atomic E-state index is 0.703. The van der Waals surface area contributed by atoms with Crippen LogP contribution in [0, 0.1) is 0 Å². The second-order valence-corrected chi connectivity index (χ2v) is 2.59. The first kappa shape index (κ1) is 5.82. The summed E-state index contributed by atoms with van der Waals surface area (Å²) in [5.74, 6) is 0. The Morgan fingerprint density at radius 2 is 2.50 bits per heavy atom. The van der Waals surface area contributed by atoms with Gasteiger partial charge in [-0.15, -0.1) is 0 Å². The van der Waals surface area contributed by atoms with Gasteiger partial charge in [0.1, 0.15) is 0 Å². The lowest BCUT2D eigenvalue weighted by Crippen LogP contribution is -2.12. The summed E-state index contributed by atoms with van der Waals surface area (Å²) in [7, 11) is 0. The molecule has 1 heterocycles. The zero-order valence-electron chi connectivity index (χ0n) is 4.34. The normalized spacial score (nSPS) is 19.6. The average molecular weight is 177 g/mol. The molecule has 1 N–H and O–H groups in total. The molecule has 0 amide bonds. The largest absolute Gasteiger partial charge is 0.291 e. The number of rotatable bonds is 0. The van der Waals surface area contributed by atoms with Gasteiger partial charge in [0.25, 0.3) is 0 Å². The van der Waals surface area contributed by atoms with Gasteiger partial charge in [-0.05, 0) is 20.7 Å². The van der Waals surface area contributed by atoms with Crippen LogP contribution in [0.3, 0.4) is 0 Å². The van der Waals surface area contributed by atoms with E-state index >= 15 is 0 Å². The van der Waals surface area contributed by atoms with Gasteiger partial charge in [-0.25, -0.2) is 0 Å². The number of hydroxylamine groups is 1. The molecule has 2 nitrogen and oxygen atoms in total. The summed E-state index contributed by atoms with van der Waals surface area (Å²) in [6.07, 6.45) is 4.57. The third kappa shape index (κ3) is 1.33. The molecule has 1 rings (SSSR count). The van der Waals surface area contributed by atoms with E-state index in [1.54, 1.807) is 6.21 Å². The fourth-order valence-electron chi connectivity index (χ4n) is 0.594. The van der Waals surface area contributed by atoms with Gasteiger partial charge >= 0.3 is 0 Å². The van der Waals surface area contributed by atoms with Crippen LogP contribution in [-0.4, -0.2) is 22.7 Å². The number of allylic oxidation sites excluding steroid dienone is 1. The van der Waals surface area contributed by atoms with Crippen LogP contribution in [0.4, 0.5) is 0 Å². The van der Waals surface area contributed by atoms with Crippen molar-refractivity contribution in [3.05, 3.63) is 10.6 Å². The molecule has 0 spiro atoms. The Morgan fingerprint density at radius 3 is 2.88 bits per heavy atom. The standard InChI is InChI=1S/C5H7BrNO/c6-5-2-1-3-7(8)4-5/h2,4,8H,1,3H2/q+1. The SMILES string of the molecule is O[N+]1=CC(Br)=CCC1. The predicted octanol–water partition coefficient (Wildman–Crippen LogP) is 1.14. The molecule has 0 bridgehead atoms. The van der Waals surface area contributed by atoms with Gasteiger partial charge < -0.3 is 0 Å². The summed E-state index contributed by atoms with van der Waals surface area (Å²) in [5.41, 5.74) is 0. The van der Waals surface area contributed by atoms with Gasteiger partial charge in [-0.1, -0.05) is 6.08 Å². The lowest BCUT2D eigenvalue weighted by atomic mass is 10.3. The third-order valence-corrected chi connectivity index (χ3v) is 1.50. The topological polar surface area (TPSA) is 23.2 Å². The quantitative estimate of drug-likeness (QED) is 0.435. The van der Waals surface area contributed by atoms with E-state index in [4.69, 9.17) is 5.21 Å². The molecule has 1 aliphatic heterocycles. The minimum atomic E-state index is 0.703. The van der Waals surface area contributed by atoms with Gasteiger partial charge in [0, 0.05) is 6.42 Å². The number of hydrogen-bond donors (Lipinski definition) is 1. The highest BCUT2D eigenvalue weighted by molar-refractivity contribution is 9.12. The summed E-state index contributed by atoms with van der Waals surface area (Å²) in [5, 5.41) is 8.79. The van der Waals surface area contributed by atoms with Crippen molar-refractivity contribution in [2.45, 2.75) is 6.42 Å². The second-order valence-electron chi connectivity index (χ2n) is 1.67. The molecule has 1 aliphatic rings. The van der Waals surface area contributed by atoms with E-state index in [0.717, 1.165) is 10.9 Å². The van der Waals surface area contributed by atoms with Crippen molar-refractivity contribution < 1.29 is 9.95 Å². The zero-order valence-corrected chi connectivity index (χ0v) is 5.93. The maximum Gasteiger partial charge on any atom is 0.229 e. The Bertz CT molecular complexity index is 151. The van der Waals surface area contributed by atoms with Crippen LogP contribution < -0.4 is 0 Å². The highest BCUT2D eigenvalue weighted by Gasteiger charge is 2.05. The van der Waals surface area contributed by atoms with E-state index in [-0.39, 0.29) is 0 Å². The molecular weight excluding hydrogens is 170 g/mol. The highest BCUT2D eigenvalue weighted by atomic mass is 79.9. The van der Waals surface area contributed by atoms with Crippen LogP contribution in [0.1, 0.15) is 6.42 Å². The maximum absolute atomic E-state index is 8.79. The van der Waals surface area contributed by atoms with Crippen molar-refractivity contribution in [1.82, 2.24) is 0 Å². The Hall–Kier alpha value is -0.310. The van der Waals surface area contributed by atoms with Crippen molar-refractivity contribution in [1.29, 1.82) is 0 Å². The summed E-state index contributed by atoms with van der Waals surface area (Å²) < 4.78 is 2.12. The zero-order chi connectivity index (χ0) is 5.98. The molecule has 0 aromatic rings. The van der Waals surface area contributed by atoms with Crippen LogP contribution in [0.5, 0.6) is 0 Å². The Kier molecular flexibility index (Phi) is 1.68. The fourth-order valence-corrected chi connectivity index (χ4v) is 1.06. The average Bonchev–Trinajstić information content (AvgIpc) is 1.64. The van der Waals surface area contributed by atoms with Crippen LogP contribution in [0.2, 0.25) is 0 Å². The van der Waals surface area contributed by atoms with Gasteiger partial charge in [0.15, 0.2) is 6.54 Å². The summed E-state index contributed by atoms with van der Waals surface area (Å²) in [4.78, 5) is 0. The summed E-state index contributed by atoms with van der Waals surface area (Å²) >= 11 is 3.23. The van der Waals surface area contributed by atoms with E-state index in [9.17, 15) is 0 Å². The molecule has 0 aliphatic carbocycles. The van der Waals surface area contributed by atoms with E-state index in [1.807, 2.05) is 6.08 Å². The van der Waals surface area contributed by atoms with E-state index in [2.05, 4.69) is 15.9 Å². The molecule has 0 atom stereocenters. The van der Waals surface area contributed by atoms with Crippen LogP contribution in [0.15, 0.2) is 10.6 Å². The monoisotopic (exact) mass is 176 g/mol. The van der Waals surface area contributed by atoms with Crippen LogP contribution >= 0.6 is 15.9 Å². The van der Waals surface area contributed by atoms with E-state index in [1.165, 1.54) is 4.74 Å². The first-order valence-corrected chi connectivity index (χ1v) is 3.24. The number of hydrogen-bond acceptors (Lipinski definition) is 1. The van der Waals surface area contributed by atoms with Crippen LogP contribution in [0.25, 0.3) is 0 Å². The molecule has 44 valence electrons. The molecule has 0 saturated heterocycles. The van der Waals surface area contributed by atoms with Gasteiger partial charge in [0.2, 0.25) is 6.21 Å². The van der Waals surface area contributed by atoms with Gasteiger partial charge in [-0.2, -0.15) is 0 Å². The minimum Gasteiger partial charge on any atom is -0.291 e. The summed E-state index contributed by atoms with van der Waals surface area (Å²) in [6, 6.07) is 0. The second kappa shape index (κ2) is 2.31. The van der Waals surface area contributed by atoms with E-state index < -0.39 is 0 Å².